The van der Waals surface area contributed by atoms with Gasteiger partial charge in [0.25, 0.3) is 0 Å². The molecule has 1 unspecified atom stereocenters. The summed E-state index contributed by atoms with van der Waals surface area (Å²) in [6, 6.07) is 0. The Balaban J connectivity index is 0.00000280. The summed E-state index contributed by atoms with van der Waals surface area (Å²) >= 11 is -0.877. The molecule has 2 aromatic rings. The molecule has 0 radical (unpaired) electrons. The number of ether oxygens (including phenoxy) is 1. The predicted molar refractivity (Wildman–Crippen MR) is 84.4 cm³/mol. The van der Waals surface area contributed by atoms with Crippen molar-refractivity contribution in [1.82, 2.24) is 19.5 Å². The van der Waals surface area contributed by atoms with Crippen molar-refractivity contribution in [3.8, 4) is 0 Å². The zero-order valence-corrected chi connectivity index (χ0v) is 18.7. The van der Waals surface area contributed by atoms with Crippen molar-refractivity contribution in [3.63, 3.8) is 0 Å². The summed E-state index contributed by atoms with van der Waals surface area (Å²) in [5.74, 6) is 0.0793. The van der Waals surface area contributed by atoms with E-state index in [0.717, 1.165) is 6.33 Å². The first-order valence-corrected chi connectivity index (χ1v) is 12.2. The Labute approximate surface area is 209 Å². The number of hydrogen-bond acceptors (Lipinski definition) is 14. The Morgan fingerprint density at radius 2 is 1.80 bits per heavy atom. The minimum Gasteiger partial charge on any atom is -0.803 e. The van der Waals surface area contributed by atoms with E-state index in [1.807, 2.05) is 0 Å². The van der Waals surface area contributed by atoms with Gasteiger partial charge in [0, 0.05) is 0 Å². The van der Waals surface area contributed by atoms with Crippen LogP contribution >= 0.6 is 24.6 Å². The van der Waals surface area contributed by atoms with Gasteiger partial charge in [0.2, 0.25) is 0 Å². The van der Waals surface area contributed by atoms with Crippen LogP contribution in [-0.4, -0.2) is 54.7 Å². The Kier molecular flexibility index (Phi) is 12.0. The SMILES string of the molecule is Nc1ncnc2c1ncn2[C@@H]1O[C@H](COP(=O)([O-])SP(=O)([O-])[O-])[C@@H](O)[C@H]1O.[Li+].[Li+].[Li+]. The summed E-state index contributed by atoms with van der Waals surface area (Å²) < 4.78 is 33.1. The largest absolute Gasteiger partial charge is 1.00 e. The number of nitrogens with two attached hydrogens (primary N) is 1. The first-order chi connectivity index (χ1) is 12.5. The van der Waals surface area contributed by atoms with E-state index in [2.05, 4.69) is 19.5 Å². The smallest absolute Gasteiger partial charge is 0.803 e. The molecule has 3 rings (SSSR count). The Bertz CT molecular complexity index is 951. The number of fused-ring (bicyclic) bond motifs is 1. The second-order valence-corrected chi connectivity index (χ2v) is 12.3. The van der Waals surface area contributed by atoms with Crippen LogP contribution in [0, 0.1) is 0 Å². The molecule has 2 aromatic heterocycles. The number of aliphatic hydroxyl groups excluding tert-OH is 2. The number of rotatable bonds is 6. The summed E-state index contributed by atoms with van der Waals surface area (Å²) in [5.41, 5.74) is 6.09. The average Bonchev–Trinajstić information content (AvgIpc) is 3.07. The Morgan fingerprint density at radius 1 is 1.17 bits per heavy atom. The van der Waals surface area contributed by atoms with Gasteiger partial charge < -0.3 is 44.5 Å². The topological polar surface area (TPSA) is 232 Å². The van der Waals surface area contributed by atoms with E-state index in [0.29, 0.717) is 0 Å². The first kappa shape index (κ1) is 30.7. The van der Waals surface area contributed by atoms with Gasteiger partial charge in [-0.15, -0.1) is 0 Å². The third-order valence-corrected chi connectivity index (χ3v) is 9.58. The van der Waals surface area contributed by atoms with Crippen LogP contribution in [0.15, 0.2) is 12.7 Å². The standard InChI is InChI=1S/C10H15N5O9P2S.3Li/c11-8-5-9(13-2-12-8)15(3-14-5)10-7(17)6(16)4(24-10)1-23-26(21,22)27-25(18,19)20;;;/h2-4,6-7,10,16-17H,1H2,(H,21,22)(H2,11,12,13)(H2,18,19,20);;;/q;3*+1/p-3/t4-,6-,7-,10-;;;/m1.../s1. The summed E-state index contributed by atoms with van der Waals surface area (Å²) in [6.07, 6.45) is -3.26. The van der Waals surface area contributed by atoms with Crippen LogP contribution in [0.4, 0.5) is 5.82 Å². The molecule has 20 heteroatoms. The predicted octanol–water partition coefficient (Wildman–Crippen LogP) is -11.9. The second-order valence-electron chi connectivity index (χ2n) is 5.40. The quantitative estimate of drug-likeness (QED) is 0.268. The minimum absolute atomic E-state index is 0. The van der Waals surface area contributed by atoms with E-state index in [9.17, 15) is 34.0 Å². The molecule has 0 aromatic carbocycles. The second kappa shape index (κ2) is 11.7. The Hall–Kier alpha value is 0.672. The molecule has 3 heterocycles. The molecule has 0 saturated carbocycles. The van der Waals surface area contributed by atoms with Crippen LogP contribution in [0.25, 0.3) is 11.2 Å². The van der Waals surface area contributed by atoms with Gasteiger partial charge in [0.15, 0.2) is 24.5 Å². The number of imidazole rings is 1. The molecule has 1 fully saturated rings. The van der Waals surface area contributed by atoms with Crippen molar-refractivity contribution in [2.45, 2.75) is 24.5 Å². The van der Waals surface area contributed by atoms with E-state index in [1.54, 1.807) is 0 Å². The van der Waals surface area contributed by atoms with Gasteiger partial charge in [0.1, 0.15) is 30.2 Å². The molecule has 0 spiro atoms. The van der Waals surface area contributed by atoms with Gasteiger partial charge in [-0.1, -0.05) is 0 Å². The molecule has 0 amide bonds. The van der Waals surface area contributed by atoms with Crippen LogP contribution in [0.1, 0.15) is 6.23 Å². The van der Waals surface area contributed by atoms with E-state index in [1.165, 1.54) is 10.9 Å². The maximum absolute atomic E-state index is 11.5. The van der Waals surface area contributed by atoms with Crippen LogP contribution in [0.5, 0.6) is 0 Å². The van der Waals surface area contributed by atoms with Crippen molar-refractivity contribution in [2.24, 2.45) is 0 Å². The molecule has 4 N–H and O–H groups in total. The normalized spacial score (nSPS) is 25.6. The third-order valence-electron chi connectivity index (χ3n) is 3.60. The van der Waals surface area contributed by atoms with Crippen LogP contribution in [0.3, 0.4) is 0 Å². The number of hydrogen-bond donors (Lipinski definition) is 3. The number of anilines is 1. The third kappa shape index (κ3) is 7.08. The molecule has 0 aliphatic carbocycles. The van der Waals surface area contributed by atoms with Gasteiger partial charge in [0.05, 0.1) is 12.9 Å². The van der Waals surface area contributed by atoms with E-state index < -0.39 is 55.7 Å². The molecular weight excluding hydrogens is 449 g/mol. The number of nitrogens with zero attached hydrogens (tertiary/aromatic N) is 4. The average molecular weight is 461 g/mol. The van der Waals surface area contributed by atoms with Gasteiger partial charge in [-0.25, -0.2) is 15.0 Å². The van der Waals surface area contributed by atoms with E-state index in [-0.39, 0.29) is 73.6 Å². The van der Waals surface area contributed by atoms with Crippen molar-refractivity contribution < 1.29 is 99.9 Å². The fourth-order valence-electron chi connectivity index (χ4n) is 2.46. The molecule has 5 atom stereocenters. The van der Waals surface area contributed by atoms with Crippen LogP contribution < -0.4 is 77.0 Å². The number of aliphatic hydroxyl groups is 2. The van der Waals surface area contributed by atoms with Gasteiger partial charge >= 0.3 is 56.6 Å². The molecule has 1 aliphatic heterocycles. The first-order valence-electron chi connectivity index (χ1n) is 7.12. The summed E-state index contributed by atoms with van der Waals surface area (Å²) in [5, 5.41) is 20.3. The van der Waals surface area contributed by atoms with Gasteiger partial charge in [-0.05, 0) is 17.8 Å². The van der Waals surface area contributed by atoms with Crippen LogP contribution in [0.2, 0.25) is 0 Å². The van der Waals surface area contributed by atoms with Crippen molar-refractivity contribution in [2.75, 3.05) is 12.3 Å². The van der Waals surface area contributed by atoms with Crippen molar-refractivity contribution in [1.29, 1.82) is 0 Å². The number of aromatic nitrogens is 4. The van der Waals surface area contributed by atoms with Crippen molar-refractivity contribution >= 4 is 41.6 Å². The zero-order valence-electron chi connectivity index (χ0n) is 16.1. The molecule has 30 heavy (non-hydrogen) atoms. The molecule has 1 aliphatic rings. The maximum Gasteiger partial charge on any atom is 1.00 e. The summed E-state index contributed by atoms with van der Waals surface area (Å²) in [7, 11) is 0. The summed E-state index contributed by atoms with van der Waals surface area (Å²) in [4.78, 5) is 44.3. The van der Waals surface area contributed by atoms with Crippen LogP contribution in [-0.2, 0) is 18.4 Å². The monoisotopic (exact) mass is 461 g/mol. The van der Waals surface area contributed by atoms with Gasteiger partial charge in [-0.3, -0.25) is 9.13 Å². The molecule has 150 valence electrons. The van der Waals surface area contributed by atoms with Gasteiger partial charge in [-0.2, -0.15) is 0 Å². The van der Waals surface area contributed by atoms with E-state index >= 15 is 0 Å². The molecular formula is C10H12Li3N5O9P2S. The number of nitrogen functional groups attached to an aromatic ring is 1. The molecule has 1 saturated heterocycles. The molecule has 14 nitrogen and oxygen atoms in total. The fourth-order valence-corrected chi connectivity index (χ4v) is 6.77. The fraction of sp³-hybridized carbons (Fsp3) is 0.500. The van der Waals surface area contributed by atoms with E-state index in [4.69, 9.17) is 10.5 Å². The zero-order chi connectivity index (χ0) is 20.0. The molecule has 0 bridgehead atoms. The summed E-state index contributed by atoms with van der Waals surface area (Å²) in [6.45, 7) is -11.4. The Morgan fingerprint density at radius 3 is 2.40 bits per heavy atom. The minimum atomic E-state index is -5.43. The van der Waals surface area contributed by atoms with Crippen molar-refractivity contribution in [3.05, 3.63) is 12.7 Å². The maximum atomic E-state index is 11.5.